The van der Waals surface area contributed by atoms with Crippen LogP contribution in [0.2, 0.25) is 0 Å². The largest absolute Gasteiger partial charge is 0.356 e. The van der Waals surface area contributed by atoms with E-state index in [1.807, 2.05) is 7.05 Å². The van der Waals surface area contributed by atoms with E-state index in [0.717, 1.165) is 37.1 Å². The van der Waals surface area contributed by atoms with Crippen molar-refractivity contribution < 1.29 is 13.2 Å². The monoisotopic (exact) mass is 359 g/mol. The highest BCUT2D eigenvalue weighted by molar-refractivity contribution is 7.91. The molecule has 1 saturated heterocycles. The van der Waals surface area contributed by atoms with Crippen molar-refractivity contribution in [1.82, 2.24) is 14.9 Å². The maximum absolute atomic E-state index is 12.6. The average molecular weight is 360 g/mol. The van der Waals surface area contributed by atoms with Crippen molar-refractivity contribution in [3.8, 4) is 0 Å². The summed E-state index contributed by atoms with van der Waals surface area (Å²) < 4.78 is 27.0. The average Bonchev–Trinajstić information content (AvgIpc) is 3.02. The van der Waals surface area contributed by atoms with Crippen LogP contribution in [0.1, 0.15) is 30.6 Å². The van der Waals surface area contributed by atoms with Gasteiger partial charge in [0.25, 0.3) is 10.0 Å². The lowest BCUT2D eigenvalue weighted by atomic mass is 10.2. The number of piperidine rings is 1. The summed E-state index contributed by atoms with van der Waals surface area (Å²) in [6, 6.07) is 3.37. The van der Waals surface area contributed by atoms with Gasteiger partial charge in [-0.1, -0.05) is 6.42 Å². The molecule has 1 aliphatic rings. The topological polar surface area (TPSA) is 78.5 Å². The third-order valence-electron chi connectivity index (χ3n) is 3.81. The third-order valence-corrected chi connectivity index (χ3v) is 7.26. The standard InChI is InChI=1S/C15H25N3O3S2/c1-16-8-5-9-17-14(19)12-13-6-7-15(22-13)23(20,21)18-10-3-2-4-11-18/h6-7,16H,2-5,8-12H2,1H3,(H,17,19). The number of amides is 1. The van der Waals surface area contributed by atoms with Crippen LogP contribution in [0, 0.1) is 0 Å². The van der Waals surface area contributed by atoms with Crippen molar-refractivity contribution in [2.24, 2.45) is 0 Å². The van der Waals surface area contributed by atoms with E-state index in [9.17, 15) is 13.2 Å². The van der Waals surface area contributed by atoms with E-state index in [2.05, 4.69) is 10.6 Å². The smallest absolute Gasteiger partial charge is 0.252 e. The molecule has 1 aliphatic heterocycles. The minimum absolute atomic E-state index is 0.0649. The van der Waals surface area contributed by atoms with Gasteiger partial charge in [0.2, 0.25) is 5.91 Å². The Morgan fingerprint density at radius 1 is 1.22 bits per heavy atom. The number of nitrogens with one attached hydrogen (secondary N) is 2. The van der Waals surface area contributed by atoms with Gasteiger partial charge in [-0.05, 0) is 45.0 Å². The Balaban J connectivity index is 1.90. The highest BCUT2D eigenvalue weighted by atomic mass is 32.2. The van der Waals surface area contributed by atoms with Crippen molar-refractivity contribution in [3.05, 3.63) is 17.0 Å². The predicted octanol–water partition coefficient (Wildman–Crippen LogP) is 1.19. The first-order valence-electron chi connectivity index (χ1n) is 8.04. The summed E-state index contributed by atoms with van der Waals surface area (Å²) in [4.78, 5) is 12.6. The number of carbonyl (C=O) groups is 1. The molecular weight excluding hydrogens is 334 g/mol. The third kappa shape index (κ3) is 5.27. The van der Waals surface area contributed by atoms with Gasteiger partial charge in [-0.2, -0.15) is 4.31 Å². The van der Waals surface area contributed by atoms with Gasteiger partial charge in [0.15, 0.2) is 0 Å². The number of hydrogen-bond donors (Lipinski definition) is 2. The van der Waals surface area contributed by atoms with Gasteiger partial charge in [-0.15, -0.1) is 11.3 Å². The molecule has 0 aliphatic carbocycles. The number of sulfonamides is 1. The fourth-order valence-corrected chi connectivity index (χ4v) is 5.56. The molecule has 2 heterocycles. The summed E-state index contributed by atoms with van der Waals surface area (Å²) in [5.41, 5.74) is 0. The molecule has 0 spiro atoms. The highest BCUT2D eigenvalue weighted by Crippen LogP contribution is 2.27. The Kier molecular flexibility index (Phi) is 7.01. The molecule has 0 radical (unpaired) electrons. The van der Waals surface area contributed by atoms with E-state index in [0.29, 0.717) is 23.8 Å². The maximum atomic E-state index is 12.6. The minimum Gasteiger partial charge on any atom is -0.356 e. The zero-order valence-electron chi connectivity index (χ0n) is 13.5. The summed E-state index contributed by atoms with van der Waals surface area (Å²) in [7, 11) is -1.52. The predicted molar refractivity (Wildman–Crippen MR) is 92.2 cm³/mol. The van der Waals surface area contributed by atoms with Gasteiger partial charge in [-0.3, -0.25) is 4.79 Å². The summed E-state index contributed by atoms with van der Waals surface area (Å²) in [6.07, 6.45) is 4.05. The molecule has 0 atom stereocenters. The van der Waals surface area contributed by atoms with Crippen LogP contribution in [0.4, 0.5) is 0 Å². The summed E-state index contributed by atoms with van der Waals surface area (Å²) in [6.45, 7) is 2.69. The molecule has 0 unspecified atom stereocenters. The zero-order chi connectivity index (χ0) is 16.7. The van der Waals surface area contributed by atoms with Crippen LogP contribution < -0.4 is 10.6 Å². The van der Waals surface area contributed by atoms with Crippen molar-refractivity contribution >= 4 is 27.3 Å². The molecule has 0 aromatic carbocycles. The van der Waals surface area contributed by atoms with E-state index >= 15 is 0 Å². The molecular formula is C15H25N3O3S2. The van der Waals surface area contributed by atoms with Crippen LogP contribution in [-0.2, 0) is 21.2 Å². The van der Waals surface area contributed by atoms with E-state index < -0.39 is 10.0 Å². The molecule has 130 valence electrons. The molecule has 0 saturated carbocycles. The van der Waals surface area contributed by atoms with Crippen molar-refractivity contribution in [3.63, 3.8) is 0 Å². The second-order valence-electron chi connectivity index (χ2n) is 5.67. The quantitative estimate of drug-likeness (QED) is 0.684. The van der Waals surface area contributed by atoms with Gasteiger partial charge < -0.3 is 10.6 Å². The Labute approximate surface area is 142 Å². The van der Waals surface area contributed by atoms with Gasteiger partial charge >= 0.3 is 0 Å². The number of rotatable bonds is 8. The molecule has 0 bridgehead atoms. The van der Waals surface area contributed by atoms with Crippen LogP contribution >= 0.6 is 11.3 Å². The molecule has 1 amide bonds. The van der Waals surface area contributed by atoms with E-state index in [1.54, 1.807) is 16.4 Å². The van der Waals surface area contributed by atoms with Crippen LogP contribution in [0.25, 0.3) is 0 Å². The Hall–Kier alpha value is -0.960. The molecule has 1 aromatic rings. The SMILES string of the molecule is CNCCCNC(=O)Cc1ccc(S(=O)(=O)N2CCCCC2)s1. The molecule has 1 aromatic heterocycles. The molecule has 1 fully saturated rings. The fourth-order valence-electron chi connectivity index (χ4n) is 2.54. The van der Waals surface area contributed by atoms with Gasteiger partial charge in [0.1, 0.15) is 4.21 Å². The van der Waals surface area contributed by atoms with Crippen LogP contribution in [-0.4, -0.2) is 51.9 Å². The molecule has 23 heavy (non-hydrogen) atoms. The first kappa shape index (κ1) is 18.4. The summed E-state index contributed by atoms with van der Waals surface area (Å²) >= 11 is 1.20. The van der Waals surface area contributed by atoms with Gasteiger partial charge in [-0.25, -0.2) is 8.42 Å². The maximum Gasteiger partial charge on any atom is 0.252 e. The van der Waals surface area contributed by atoms with Crippen molar-refractivity contribution in [2.75, 3.05) is 33.2 Å². The molecule has 8 heteroatoms. The zero-order valence-corrected chi connectivity index (χ0v) is 15.1. The number of thiophene rings is 1. The van der Waals surface area contributed by atoms with Crippen molar-refractivity contribution in [2.45, 2.75) is 36.3 Å². The summed E-state index contributed by atoms with van der Waals surface area (Å²) in [5.74, 6) is -0.0649. The lowest BCUT2D eigenvalue weighted by molar-refractivity contribution is -0.120. The molecule has 2 N–H and O–H groups in total. The van der Waals surface area contributed by atoms with E-state index in [-0.39, 0.29) is 12.3 Å². The van der Waals surface area contributed by atoms with Crippen LogP contribution in [0.15, 0.2) is 16.3 Å². The van der Waals surface area contributed by atoms with E-state index in [4.69, 9.17) is 0 Å². The second kappa shape index (κ2) is 8.77. The molecule has 6 nitrogen and oxygen atoms in total. The van der Waals surface area contributed by atoms with Gasteiger partial charge in [0, 0.05) is 24.5 Å². The number of carbonyl (C=O) groups excluding carboxylic acids is 1. The Morgan fingerprint density at radius 2 is 1.96 bits per heavy atom. The van der Waals surface area contributed by atoms with Crippen molar-refractivity contribution in [1.29, 1.82) is 0 Å². The van der Waals surface area contributed by atoms with Crippen LogP contribution in [0.3, 0.4) is 0 Å². The number of nitrogens with zero attached hydrogens (tertiary/aromatic N) is 1. The minimum atomic E-state index is -3.39. The lowest BCUT2D eigenvalue weighted by Gasteiger charge is -2.25. The Morgan fingerprint density at radius 3 is 2.65 bits per heavy atom. The van der Waals surface area contributed by atoms with Crippen LogP contribution in [0.5, 0.6) is 0 Å². The van der Waals surface area contributed by atoms with Gasteiger partial charge in [0.05, 0.1) is 6.42 Å². The van der Waals surface area contributed by atoms with E-state index in [1.165, 1.54) is 11.3 Å². The Bertz CT molecular complexity index is 607. The number of hydrogen-bond acceptors (Lipinski definition) is 5. The summed E-state index contributed by atoms with van der Waals surface area (Å²) in [5, 5.41) is 5.87. The first-order chi connectivity index (χ1) is 11.0. The normalized spacial score (nSPS) is 16.4. The fraction of sp³-hybridized carbons (Fsp3) is 0.667. The second-order valence-corrected chi connectivity index (χ2v) is 9.00. The lowest BCUT2D eigenvalue weighted by Crippen LogP contribution is -2.35. The molecule has 2 rings (SSSR count). The first-order valence-corrected chi connectivity index (χ1v) is 10.3. The highest BCUT2D eigenvalue weighted by Gasteiger charge is 2.27.